The number of hydrogen-bond acceptors (Lipinski definition) is 5. The van der Waals surface area contributed by atoms with E-state index in [1.807, 2.05) is 6.92 Å². The van der Waals surface area contributed by atoms with E-state index in [9.17, 15) is 14.7 Å². The number of hydrogen-bond donors (Lipinski definition) is 1. The first-order valence-corrected chi connectivity index (χ1v) is 9.50. The highest BCUT2D eigenvalue weighted by atomic mass is 16.6. The zero-order chi connectivity index (χ0) is 18.0. The molecule has 1 spiro atoms. The van der Waals surface area contributed by atoms with Gasteiger partial charge in [-0.2, -0.15) is 0 Å². The van der Waals surface area contributed by atoms with Gasteiger partial charge in [0.25, 0.3) is 0 Å². The molecule has 25 heavy (non-hydrogen) atoms. The average Bonchev–Trinajstić information content (AvgIpc) is 3.09. The number of allylic oxidation sites excluding steroid dienone is 1. The molecule has 5 heteroatoms. The van der Waals surface area contributed by atoms with Crippen molar-refractivity contribution in [1.29, 1.82) is 0 Å². The lowest BCUT2D eigenvalue weighted by atomic mass is 9.63. The molecule has 1 heterocycles. The molecular formula is C20H28O5. The molecule has 3 aliphatic carbocycles. The van der Waals surface area contributed by atoms with E-state index in [-0.39, 0.29) is 47.6 Å². The Morgan fingerprint density at radius 2 is 2.20 bits per heavy atom. The van der Waals surface area contributed by atoms with Gasteiger partial charge >= 0.3 is 11.9 Å². The molecule has 0 unspecified atom stereocenters. The monoisotopic (exact) mass is 348 g/mol. The molecule has 1 N–H and O–H groups in total. The molecule has 138 valence electrons. The Morgan fingerprint density at radius 3 is 2.88 bits per heavy atom. The van der Waals surface area contributed by atoms with Crippen LogP contribution in [0.3, 0.4) is 0 Å². The summed E-state index contributed by atoms with van der Waals surface area (Å²) < 4.78 is 11.3. The third-order valence-electron chi connectivity index (χ3n) is 7.77. The molecule has 4 rings (SSSR count). The maximum atomic E-state index is 12.9. The van der Waals surface area contributed by atoms with Crippen molar-refractivity contribution in [3.63, 3.8) is 0 Å². The van der Waals surface area contributed by atoms with Crippen LogP contribution in [0.2, 0.25) is 0 Å². The Hall–Kier alpha value is -1.36. The van der Waals surface area contributed by atoms with Gasteiger partial charge in [0.05, 0.1) is 18.9 Å². The van der Waals surface area contributed by atoms with Crippen molar-refractivity contribution >= 4 is 11.9 Å². The molecule has 4 fully saturated rings. The molecule has 0 aromatic carbocycles. The van der Waals surface area contributed by atoms with Gasteiger partial charge in [-0.15, -0.1) is 0 Å². The molecule has 5 nitrogen and oxygen atoms in total. The number of aliphatic hydroxyl groups is 1. The van der Waals surface area contributed by atoms with E-state index in [1.54, 1.807) is 0 Å². The molecule has 7 atom stereocenters. The molecule has 0 amide bonds. The average molecular weight is 348 g/mol. The van der Waals surface area contributed by atoms with E-state index in [1.165, 1.54) is 12.7 Å². The zero-order valence-corrected chi connectivity index (χ0v) is 15.1. The van der Waals surface area contributed by atoms with E-state index in [0.29, 0.717) is 18.8 Å². The minimum absolute atomic E-state index is 0.0678. The second-order valence-electron chi connectivity index (χ2n) is 8.62. The number of carbonyl (C=O) groups excluding carboxylic acids is 2. The number of methoxy groups -OCH3 is 1. The summed E-state index contributed by atoms with van der Waals surface area (Å²) in [5.74, 6) is -0.561. The summed E-state index contributed by atoms with van der Waals surface area (Å²) in [6.07, 6.45) is 5.02. The maximum absolute atomic E-state index is 12.9. The van der Waals surface area contributed by atoms with Crippen LogP contribution in [0.5, 0.6) is 0 Å². The summed E-state index contributed by atoms with van der Waals surface area (Å²) in [6.45, 7) is 6.24. The summed E-state index contributed by atoms with van der Waals surface area (Å²) in [5, 5.41) is 9.42. The second kappa shape index (κ2) is 5.57. The van der Waals surface area contributed by atoms with Gasteiger partial charge in [-0.3, -0.25) is 9.59 Å². The number of aliphatic hydroxyl groups excluding tert-OH is 1. The summed E-state index contributed by atoms with van der Waals surface area (Å²) >= 11 is 0. The third kappa shape index (κ3) is 1.99. The number of ether oxygens (including phenoxy) is 2. The fourth-order valence-electron chi connectivity index (χ4n) is 7.06. The molecule has 4 aliphatic rings. The zero-order valence-electron chi connectivity index (χ0n) is 15.1. The van der Waals surface area contributed by atoms with E-state index >= 15 is 0 Å². The van der Waals surface area contributed by atoms with Crippen molar-refractivity contribution in [1.82, 2.24) is 0 Å². The number of esters is 2. The fraction of sp³-hybridized carbons (Fsp3) is 0.800. The first kappa shape index (κ1) is 17.1. The van der Waals surface area contributed by atoms with E-state index < -0.39 is 5.60 Å². The summed E-state index contributed by atoms with van der Waals surface area (Å²) in [4.78, 5) is 25.4. The summed E-state index contributed by atoms with van der Waals surface area (Å²) in [6, 6.07) is 0. The van der Waals surface area contributed by atoms with Crippen LogP contribution in [0.25, 0.3) is 0 Å². The second-order valence-corrected chi connectivity index (χ2v) is 8.62. The third-order valence-corrected chi connectivity index (χ3v) is 7.77. The van der Waals surface area contributed by atoms with Gasteiger partial charge in [-0.05, 0) is 49.9 Å². The van der Waals surface area contributed by atoms with Crippen LogP contribution in [-0.4, -0.2) is 36.4 Å². The van der Waals surface area contributed by atoms with E-state index in [2.05, 4.69) is 6.58 Å². The molecular weight excluding hydrogens is 320 g/mol. The minimum atomic E-state index is -0.631. The smallest absolute Gasteiger partial charge is 0.309 e. The molecule has 1 aliphatic heterocycles. The molecule has 0 aromatic heterocycles. The predicted molar refractivity (Wildman–Crippen MR) is 90.3 cm³/mol. The van der Waals surface area contributed by atoms with Crippen LogP contribution < -0.4 is 0 Å². The molecule has 0 radical (unpaired) electrons. The first-order chi connectivity index (χ1) is 11.9. The van der Waals surface area contributed by atoms with Gasteiger partial charge in [-0.1, -0.05) is 19.1 Å². The fourth-order valence-corrected chi connectivity index (χ4v) is 7.06. The highest BCUT2D eigenvalue weighted by Gasteiger charge is 2.77. The Kier molecular flexibility index (Phi) is 3.80. The topological polar surface area (TPSA) is 72.8 Å². The Labute approximate surface area is 148 Å². The van der Waals surface area contributed by atoms with Crippen LogP contribution in [0.15, 0.2) is 12.2 Å². The minimum Gasteiger partial charge on any atom is -0.469 e. The van der Waals surface area contributed by atoms with Crippen LogP contribution in [0, 0.1) is 35.0 Å². The van der Waals surface area contributed by atoms with Gasteiger partial charge in [0.1, 0.15) is 5.60 Å². The standard InChI is InChI=1S/C20H28O5/c1-11-9-19-10-13(11)5-6-14(19)20(7-4-8-21)15(12(2)17(22)25-20)16(19)18(23)24-3/h12-16,21H,1,4-10H2,2-3H3/t12-,13+,14+,15-,16+,19-,20+/m0/s1. The quantitative estimate of drug-likeness (QED) is 0.624. The first-order valence-electron chi connectivity index (χ1n) is 9.50. The van der Waals surface area contributed by atoms with E-state index in [0.717, 1.165) is 25.7 Å². The number of fused-ring (bicyclic) bond motifs is 3. The number of rotatable bonds is 4. The lowest BCUT2D eigenvalue weighted by molar-refractivity contribution is -0.160. The largest absolute Gasteiger partial charge is 0.469 e. The van der Waals surface area contributed by atoms with Crippen molar-refractivity contribution in [2.24, 2.45) is 35.0 Å². The normalized spacial score (nSPS) is 47.4. The Bertz CT molecular complexity index is 628. The predicted octanol–water partition coefficient (Wildman–Crippen LogP) is 2.47. The molecule has 3 saturated carbocycles. The van der Waals surface area contributed by atoms with Crippen molar-refractivity contribution in [2.75, 3.05) is 13.7 Å². The highest BCUT2D eigenvalue weighted by molar-refractivity contribution is 5.81. The van der Waals surface area contributed by atoms with Crippen LogP contribution in [0.1, 0.15) is 45.4 Å². The lowest BCUT2D eigenvalue weighted by Crippen LogP contribution is -2.44. The Balaban J connectivity index is 1.86. The number of carbonyl (C=O) groups is 2. The van der Waals surface area contributed by atoms with Crippen molar-refractivity contribution in [3.05, 3.63) is 12.2 Å². The Morgan fingerprint density at radius 1 is 1.44 bits per heavy atom. The van der Waals surface area contributed by atoms with Crippen molar-refractivity contribution in [3.8, 4) is 0 Å². The molecule has 1 saturated heterocycles. The van der Waals surface area contributed by atoms with Crippen LogP contribution in [0.4, 0.5) is 0 Å². The summed E-state index contributed by atoms with van der Waals surface area (Å²) in [5.41, 5.74) is 0.420. The van der Waals surface area contributed by atoms with Crippen molar-refractivity contribution in [2.45, 2.75) is 51.0 Å². The van der Waals surface area contributed by atoms with Gasteiger partial charge in [-0.25, -0.2) is 0 Å². The highest BCUT2D eigenvalue weighted by Crippen LogP contribution is 2.74. The van der Waals surface area contributed by atoms with Gasteiger partial charge in [0.2, 0.25) is 0 Å². The molecule has 2 bridgehead atoms. The van der Waals surface area contributed by atoms with Gasteiger partial charge in [0, 0.05) is 18.4 Å². The van der Waals surface area contributed by atoms with Crippen molar-refractivity contribution < 1.29 is 24.2 Å². The van der Waals surface area contributed by atoms with Crippen LogP contribution in [-0.2, 0) is 19.1 Å². The summed E-state index contributed by atoms with van der Waals surface area (Å²) in [7, 11) is 1.44. The van der Waals surface area contributed by atoms with Gasteiger partial charge < -0.3 is 14.6 Å². The lowest BCUT2D eigenvalue weighted by Gasteiger charge is -2.43. The van der Waals surface area contributed by atoms with Gasteiger partial charge in [0.15, 0.2) is 0 Å². The molecule has 0 aromatic rings. The maximum Gasteiger partial charge on any atom is 0.309 e. The van der Waals surface area contributed by atoms with Crippen LogP contribution >= 0.6 is 0 Å². The van der Waals surface area contributed by atoms with E-state index in [4.69, 9.17) is 9.47 Å². The SMILES string of the molecule is C=C1C[C@]23C[C@H]1CC[C@H]2[C@@]1(CCCO)OC(=O)[C@@H](C)[C@H]1[C@@H]3C(=O)OC.